The molecule has 1 fully saturated rings. The minimum atomic E-state index is -0.828. The molecule has 0 aromatic heterocycles. The molecule has 142 valence electrons. The highest BCUT2D eigenvalue weighted by atomic mass is 28.3. The minimum absolute atomic E-state index is 0.0361. The molecule has 1 atom stereocenters. The summed E-state index contributed by atoms with van der Waals surface area (Å²) in [6, 6.07) is 10.6. The van der Waals surface area contributed by atoms with Crippen molar-refractivity contribution in [1.82, 2.24) is 0 Å². The molecule has 2 nitrogen and oxygen atoms in total. The second-order valence-corrected chi connectivity index (χ2v) is 14.3. The first kappa shape index (κ1) is 20.7. The summed E-state index contributed by atoms with van der Waals surface area (Å²) in [6.45, 7) is 9.05. The molecule has 0 bridgehead atoms. The van der Waals surface area contributed by atoms with Gasteiger partial charge in [0, 0.05) is 14.7 Å². The lowest BCUT2D eigenvalue weighted by molar-refractivity contribution is -0.161. The van der Waals surface area contributed by atoms with Gasteiger partial charge in [0.2, 0.25) is 0 Å². The zero-order valence-electron chi connectivity index (χ0n) is 16.7. The van der Waals surface area contributed by atoms with Crippen molar-refractivity contribution in [3.63, 3.8) is 0 Å². The van der Waals surface area contributed by atoms with Crippen LogP contribution in [0.25, 0.3) is 0 Å². The van der Waals surface area contributed by atoms with Crippen LogP contribution in [-0.4, -0.2) is 27.6 Å². The fourth-order valence-corrected chi connectivity index (χ4v) is 4.67. The molecule has 0 saturated carbocycles. The van der Waals surface area contributed by atoms with E-state index in [0.717, 1.165) is 26.1 Å². The number of unbranched alkanes of at least 4 members (excludes halogenated alkanes) is 3. The molecule has 1 aliphatic rings. The molecule has 1 aliphatic heterocycles. The largest absolute Gasteiger partial charge is 0.353 e. The molecule has 1 saturated heterocycles. The van der Waals surface area contributed by atoms with Crippen LogP contribution in [0, 0.1) is 0 Å². The fraction of sp³-hybridized carbons (Fsp3) is 0.727. The highest BCUT2D eigenvalue weighted by Gasteiger charge is 2.13. The van der Waals surface area contributed by atoms with Gasteiger partial charge in [-0.1, -0.05) is 69.2 Å². The van der Waals surface area contributed by atoms with Crippen molar-refractivity contribution >= 4 is 8.07 Å². The Hall–Kier alpha value is -0.643. The Morgan fingerprint density at radius 1 is 0.920 bits per heavy atom. The zero-order chi connectivity index (χ0) is 18.0. The van der Waals surface area contributed by atoms with E-state index in [2.05, 4.69) is 43.9 Å². The van der Waals surface area contributed by atoms with E-state index in [0.29, 0.717) is 0 Å². The Labute approximate surface area is 156 Å². The summed E-state index contributed by atoms with van der Waals surface area (Å²) in [5.74, 6) is 0. The SMILES string of the molecule is C[Si](C)(C)CCCCCCc1ccc(CCOC2CCCCO2)cc1. The quantitative estimate of drug-likeness (QED) is 0.344. The predicted octanol–water partition coefficient (Wildman–Crippen LogP) is 6.21. The Balaban J connectivity index is 1.55. The Kier molecular flexibility index (Phi) is 9.22. The molecule has 2 rings (SSSR count). The molecule has 1 aromatic rings. The molecular weight excluding hydrogens is 324 g/mol. The minimum Gasteiger partial charge on any atom is -0.353 e. The number of aryl methyl sites for hydroxylation is 1. The molecule has 0 aliphatic carbocycles. The van der Waals surface area contributed by atoms with E-state index >= 15 is 0 Å². The second-order valence-electron chi connectivity index (χ2n) is 8.71. The lowest BCUT2D eigenvalue weighted by Gasteiger charge is -2.22. The first-order valence-electron chi connectivity index (χ1n) is 10.3. The lowest BCUT2D eigenvalue weighted by Crippen LogP contribution is -2.23. The molecule has 1 unspecified atom stereocenters. The number of rotatable bonds is 11. The maximum Gasteiger partial charge on any atom is 0.157 e. The van der Waals surface area contributed by atoms with Crippen molar-refractivity contribution in [3.05, 3.63) is 35.4 Å². The summed E-state index contributed by atoms with van der Waals surface area (Å²) in [4.78, 5) is 0. The van der Waals surface area contributed by atoms with Crippen LogP contribution in [0.3, 0.4) is 0 Å². The summed E-state index contributed by atoms with van der Waals surface area (Å²) in [5.41, 5.74) is 2.85. The van der Waals surface area contributed by atoms with Gasteiger partial charge in [0.15, 0.2) is 6.29 Å². The first-order valence-corrected chi connectivity index (χ1v) is 14.0. The van der Waals surface area contributed by atoms with Crippen molar-refractivity contribution in [3.8, 4) is 0 Å². The van der Waals surface area contributed by atoms with E-state index < -0.39 is 8.07 Å². The highest BCUT2D eigenvalue weighted by Crippen LogP contribution is 2.17. The lowest BCUT2D eigenvalue weighted by atomic mass is 10.0. The summed E-state index contributed by atoms with van der Waals surface area (Å²) >= 11 is 0. The van der Waals surface area contributed by atoms with E-state index in [1.807, 2.05) is 0 Å². The molecule has 0 spiro atoms. The van der Waals surface area contributed by atoms with E-state index in [-0.39, 0.29) is 6.29 Å². The average molecular weight is 363 g/mol. The Bertz CT molecular complexity index is 458. The van der Waals surface area contributed by atoms with Crippen LogP contribution in [0.2, 0.25) is 25.7 Å². The average Bonchev–Trinajstić information content (AvgIpc) is 2.59. The molecule has 1 aromatic carbocycles. The van der Waals surface area contributed by atoms with Gasteiger partial charge in [-0.05, 0) is 49.7 Å². The number of benzene rings is 1. The van der Waals surface area contributed by atoms with Gasteiger partial charge in [-0.25, -0.2) is 0 Å². The third-order valence-corrected chi connectivity index (χ3v) is 6.85. The van der Waals surface area contributed by atoms with Crippen molar-refractivity contribution in [1.29, 1.82) is 0 Å². The highest BCUT2D eigenvalue weighted by molar-refractivity contribution is 6.76. The Morgan fingerprint density at radius 3 is 2.24 bits per heavy atom. The van der Waals surface area contributed by atoms with Crippen LogP contribution >= 0.6 is 0 Å². The number of ether oxygens (including phenoxy) is 2. The van der Waals surface area contributed by atoms with Gasteiger partial charge in [-0.3, -0.25) is 0 Å². The van der Waals surface area contributed by atoms with Crippen LogP contribution < -0.4 is 0 Å². The molecule has 0 amide bonds. The number of hydrogen-bond donors (Lipinski definition) is 0. The molecule has 3 heteroatoms. The van der Waals surface area contributed by atoms with Gasteiger partial charge in [-0.15, -0.1) is 0 Å². The van der Waals surface area contributed by atoms with Crippen LogP contribution in [0.5, 0.6) is 0 Å². The third kappa shape index (κ3) is 9.57. The maximum absolute atomic E-state index is 5.82. The van der Waals surface area contributed by atoms with Gasteiger partial charge in [0.1, 0.15) is 0 Å². The van der Waals surface area contributed by atoms with Crippen molar-refractivity contribution in [2.24, 2.45) is 0 Å². The van der Waals surface area contributed by atoms with Crippen molar-refractivity contribution in [2.45, 2.75) is 89.8 Å². The monoisotopic (exact) mass is 362 g/mol. The molecular formula is C22H38O2Si. The van der Waals surface area contributed by atoms with Crippen LogP contribution in [0.4, 0.5) is 0 Å². The molecule has 0 N–H and O–H groups in total. The smallest absolute Gasteiger partial charge is 0.157 e. The predicted molar refractivity (Wildman–Crippen MR) is 110 cm³/mol. The maximum atomic E-state index is 5.82. The van der Waals surface area contributed by atoms with Gasteiger partial charge in [0.25, 0.3) is 0 Å². The zero-order valence-corrected chi connectivity index (χ0v) is 17.7. The van der Waals surface area contributed by atoms with Crippen LogP contribution in [-0.2, 0) is 22.3 Å². The van der Waals surface area contributed by atoms with Gasteiger partial charge in [-0.2, -0.15) is 0 Å². The fourth-order valence-electron chi connectivity index (χ4n) is 3.36. The topological polar surface area (TPSA) is 18.5 Å². The van der Waals surface area contributed by atoms with Crippen LogP contribution in [0.1, 0.15) is 56.1 Å². The molecule has 0 radical (unpaired) electrons. The summed E-state index contributed by atoms with van der Waals surface area (Å²) in [7, 11) is -0.828. The number of hydrogen-bond acceptors (Lipinski definition) is 2. The van der Waals surface area contributed by atoms with Gasteiger partial charge in [0.05, 0.1) is 6.61 Å². The van der Waals surface area contributed by atoms with Crippen molar-refractivity contribution in [2.75, 3.05) is 13.2 Å². The van der Waals surface area contributed by atoms with Crippen molar-refractivity contribution < 1.29 is 9.47 Å². The van der Waals surface area contributed by atoms with E-state index in [4.69, 9.17) is 9.47 Å². The standard InChI is InChI=1S/C22H38O2Si/c1-25(2,3)19-9-5-4-6-10-20-12-14-21(15-13-20)16-18-24-22-11-7-8-17-23-22/h12-15,22H,4-11,16-19H2,1-3H3. The Morgan fingerprint density at radius 2 is 1.60 bits per heavy atom. The van der Waals surface area contributed by atoms with Gasteiger partial charge < -0.3 is 9.47 Å². The summed E-state index contributed by atoms with van der Waals surface area (Å²) in [6.07, 6.45) is 11.2. The van der Waals surface area contributed by atoms with Gasteiger partial charge >= 0.3 is 0 Å². The second kappa shape index (κ2) is 11.2. The van der Waals surface area contributed by atoms with E-state index in [9.17, 15) is 0 Å². The molecule has 1 heterocycles. The molecule has 25 heavy (non-hydrogen) atoms. The van der Waals surface area contributed by atoms with E-state index in [1.165, 1.54) is 62.1 Å². The van der Waals surface area contributed by atoms with Crippen LogP contribution in [0.15, 0.2) is 24.3 Å². The third-order valence-electron chi connectivity index (χ3n) is 5.00. The summed E-state index contributed by atoms with van der Waals surface area (Å²) in [5, 5.41) is 0. The normalized spacial score (nSPS) is 18.4. The summed E-state index contributed by atoms with van der Waals surface area (Å²) < 4.78 is 11.4. The van der Waals surface area contributed by atoms with E-state index in [1.54, 1.807) is 0 Å². The first-order chi connectivity index (χ1) is 12.0.